The van der Waals surface area contributed by atoms with Crippen LogP contribution in [0.4, 0.5) is 11.5 Å². The first-order chi connectivity index (χ1) is 20.0. The standard InChI is InChI=1S/C31H35N7O3/c1-20-15-23(5-6-24(20)21-8-13-37(14-9-21)19-28(39)38-11-3-4-12-38)34-30-29-22(7-10-33-31(29)40)16-25(36-30)26-17-32-18-27(35-26)41-2/h5-7,10,15-18,21H,3-4,8-9,11-14,19H2,1-2H3,(H,33,40)(H,34,36). The molecule has 0 spiro atoms. The van der Waals surface area contributed by atoms with Crippen LogP contribution in [0.5, 0.6) is 5.88 Å². The fraction of sp³-hybridized carbons (Fsp3) is 0.387. The minimum atomic E-state index is -0.218. The monoisotopic (exact) mass is 553 g/mol. The summed E-state index contributed by atoms with van der Waals surface area (Å²) in [5.41, 5.74) is 4.29. The maximum Gasteiger partial charge on any atom is 0.259 e. The fourth-order valence-corrected chi connectivity index (χ4v) is 6.01. The van der Waals surface area contributed by atoms with Crippen LogP contribution in [0.2, 0.25) is 0 Å². The summed E-state index contributed by atoms with van der Waals surface area (Å²) in [4.78, 5) is 45.9. The molecule has 1 amide bonds. The molecule has 212 valence electrons. The van der Waals surface area contributed by atoms with Crippen molar-refractivity contribution in [3.05, 3.63) is 70.4 Å². The second-order valence-corrected chi connectivity index (χ2v) is 10.9. The number of aryl methyl sites for hydroxylation is 1. The minimum absolute atomic E-state index is 0.218. The van der Waals surface area contributed by atoms with Crippen molar-refractivity contribution in [3.8, 4) is 17.3 Å². The Morgan fingerprint density at radius 2 is 1.85 bits per heavy atom. The van der Waals surface area contributed by atoms with E-state index in [2.05, 4.69) is 44.2 Å². The zero-order valence-electron chi connectivity index (χ0n) is 23.5. The van der Waals surface area contributed by atoms with E-state index in [1.165, 1.54) is 17.3 Å². The predicted molar refractivity (Wildman–Crippen MR) is 159 cm³/mol. The Morgan fingerprint density at radius 1 is 1.05 bits per heavy atom. The van der Waals surface area contributed by atoms with Crippen molar-refractivity contribution < 1.29 is 9.53 Å². The largest absolute Gasteiger partial charge is 0.480 e. The molecule has 2 saturated heterocycles. The molecule has 3 aromatic heterocycles. The summed E-state index contributed by atoms with van der Waals surface area (Å²) < 4.78 is 5.24. The molecule has 5 heterocycles. The maximum absolute atomic E-state index is 12.8. The summed E-state index contributed by atoms with van der Waals surface area (Å²) in [7, 11) is 1.54. The lowest BCUT2D eigenvalue weighted by Gasteiger charge is -2.33. The van der Waals surface area contributed by atoms with E-state index >= 15 is 0 Å². The maximum atomic E-state index is 12.8. The van der Waals surface area contributed by atoms with Crippen LogP contribution in [-0.2, 0) is 4.79 Å². The van der Waals surface area contributed by atoms with Gasteiger partial charge in [-0.15, -0.1) is 0 Å². The first kappa shape index (κ1) is 26.9. The number of carbonyl (C=O) groups is 1. The molecule has 1 aromatic carbocycles. The van der Waals surface area contributed by atoms with Crippen molar-refractivity contribution in [2.24, 2.45) is 0 Å². The average Bonchev–Trinajstić information content (AvgIpc) is 3.53. The van der Waals surface area contributed by atoms with E-state index in [1.54, 1.807) is 19.5 Å². The van der Waals surface area contributed by atoms with Gasteiger partial charge in [-0.1, -0.05) is 6.07 Å². The number of nitrogens with one attached hydrogen (secondary N) is 2. The Kier molecular flexibility index (Phi) is 7.65. The van der Waals surface area contributed by atoms with E-state index in [0.29, 0.717) is 40.9 Å². The molecular weight excluding hydrogens is 518 g/mol. The number of fused-ring (bicyclic) bond motifs is 1. The number of benzene rings is 1. The van der Waals surface area contributed by atoms with E-state index < -0.39 is 0 Å². The number of pyridine rings is 2. The molecule has 0 unspecified atom stereocenters. The number of H-pyrrole nitrogens is 1. The van der Waals surface area contributed by atoms with Crippen LogP contribution in [0.3, 0.4) is 0 Å². The normalized spacial score (nSPS) is 16.3. The van der Waals surface area contributed by atoms with Crippen LogP contribution in [0.1, 0.15) is 42.7 Å². The van der Waals surface area contributed by atoms with Crippen molar-refractivity contribution in [1.82, 2.24) is 29.7 Å². The van der Waals surface area contributed by atoms with Gasteiger partial charge in [-0.3, -0.25) is 19.5 Å². The lowest BCUT2D eigenvalue weighted by Crippen LogP contribution is -2.42. The predicted octanol–water partition coefficient (Wildman–Crippen LogP) is 4.24. The molecule has 2 N–H and O–H groups in total. The number of ether oxygens (including phenoxy) is 1. The van der Waals surface area contributed by atoms with Gasteiger partial charge in [0.1, 0.15) is 11.5 Å². The summed E-state index contributed by atoms with van der Waals surface area (Å²) in [6, 6.07) is 10.0. The van der Waals surface area contributed by atoms with Gasteiger partial charge in [-0.25, -0.2) is 9.97 Å². The Balaban J connectivity index is 1.20. The number of rotatable bonds is 7. The van der Waals surface area contributed by atoms with Crippen molar-refractivity contribution in [3.63, 3.8) is 0 Å². The van der Waals surface area contributed by atoms with Crippen molar-refractivity contribution in [1.29, 1.82) is 0 Å². The Bertz CT molecular complexity index is 1620. The number of carbonyl (C=O) groups excluding carboxylic acids is 1. The van der Waals surface area contributed by atoms with Crippen molar-refractivity contribution >= 4 is 28.2 Å². The molecule has 2 aliphatic rings. The topological polar surface area (TPSA) is 116 Å². The molecular formula is C31H35N7O3. The molecule has 0 saturated carbocycles. The zero-order valence-corrected chi connectivity index (χ0v) is 23.5. The number of aromatic amines is 1. The highest BCUT2D eigenvalue weighted by atomic mass is 16.5. The highest BCUT2D eigenvalue weighted by Crippen LogP contribution is 2.33. The number of nitrogens with zero attached hydrogens (tertiary/aromatic N) is 5. The van der Waals surface area contributed by atoms with E-state index in [9.17, 15) is 9.59 Å². The molecule has 41 heavy (non-hydrogen) atoms. The molecule has 6 rings (SSSR count). The number of methoxy groups -OCH3 is 1. The molecule has 10 heteroatoms. The van der Waals surface area contributed by atoms with Gasteiger partial charge in [0.2, 0.25) is 11.8 Å². The third-order valence-corrected chi connectivity index (χ3v) is 8.22. The second-order valence-electron chi connectivity index (χ2n) is 10.9. The first-order valence-electron chi connectivity index (χ1n) is 14.2. The lowest BCUT2D eigenvalue weighted by atomic mass is 9.86. The number of anilines is 2. The van der Waals surface area contributed by atoms with Gasteiger partial charge in [0.15, 0.2) is 0 Å². The Morgan fingerprint density at radius 3 is 2.61 bits per heavy atom. The van der Waals surface area contributed by atoms with Gasteiger partial charge in [0.05, 0.1) is 37.1 Å². The van der Waals surface area contributed by atoms with Crippen molar-refractivity contribution in [2.45, 2.75) is 38.5 Å². The van der Waals surface area contributed by atoms with Gasteiger partial charge in [0, 0.05) is 25.0 Å². The Labute approximate surface area is 238 Å². The second kappa shape index (κ2) is 11.7. The molecule has 0 radical (unpaired) electrons. The summed E-state index contributed by atoms with van der Waals surface area (Å²) in [5.74, 6) is 1.57. The Hall–Kier alpha value is -4.31. The fourth-order valence-electron chi connectivity index (χ4n) is 6.01. The van der Waals surface area contributed by atoms with Crippen LogP contribution < -0.4 is 15.6 Å². The van der Waals surface area contributed by atoms with E-state index in [4.69, 9.17) is 9.72 Å². The molecule has 0 atom stereocenters. The number of aromatic nitrogens is 4. The summed E-state index contributed by atoms with van der Waals surface area (Å²) in [6.45, 7) is 6.35. The average molecular weight is 554 g/mol. The highest BCUT2D eigenvalue weighted by Gasteiger charge is 2.26. The van der Waals surface area contributed by atoms with Gasteiger partial charge >= 0.3 is 0 Å². The quantitative estimate of drug-likeness (QED) is 0.349. The molecule has 0 bridgehead atoms. The molecule has 10 nitrogen and oxygen atoms in total. The van der Waals surface area contributed by atoms with Crippen LogP contribution >= 0.6 is 0 Å². The smallest absolute Gasteiger partial charge is 0.259 e. The minimum Gasteiger partial charge on any atom is -0.480 e. The number of hydrogen-bond donors (Lipinski definition) is 2. The van der Waals surface area contributed by atoms with E-state index in [1.807, 2.05) is 23.1 Å². The number of likely N-dealkylation sites (tertiary alicyclic amines) is 2. The number of amides is 1. The van der Waals surface area contributed by atoms with E-state index in [0.717, 1.165) is 62.9 Å². The molecule has 2 fully saturated rings. The molecule has 4 aromatic rings. The lowest BCUT2D eigenvalue weighted by molar-refractivity contribution is -0.131. The van der Waals surface area contributed by atoms with Gasteiger partial charge in [0.25, 0.3) is 5.56 Å². The van der Waals surface area contributed by atoms with Gasteiger partial charge in [-0.2, -0.15) is 0 Å². The highest BCUT2D eigenvalue weighted by molar-refractivity contribution is 5.95. The van der Waals surface area contributed by atoms with Crippen LogP contribution in [0, 0.1) is 6.92 Å². The first-order valence-corrected chi connectivity index (χ1v) is 14.2. The molecule has 2 aliphatic heterocycles. The number of hydrogen-bond acceptors (Lipinski definition) is 8. The van der Waals surface area contributed by atoms with Crippen LogP contribution in [0.15, 0.2) is 53.7 Å². The zero-order chi connectivity index (χ0) is 28.3. The number of piperidine rings is 1. The van der Waals surface area contributed by atoms with Crippen molar-refractivity contribution in [2.75, 3.05) is 45.2 Å². The van der Waals surface area contributed by atoms with Crippen LogP contribution in [-0.4, -0.2) is 75.5 Å². The van der Waals surface area contributed by atoms with Gasteiger partial charge < -0.3 is 19.9 Å². The SMILES string of the molecule is COc1cncc(-c2cc3cc[nH]c(=O)c3c(Nc3ccc(C4CCN(CC(=O)N5CCCC5)CC4)c(C)c3)n2)n1. The summed E-state index contributed by atoms with van der Waals surface area (Å²) in [5, 5.41) is 4.61. The van der Waals surface area contributed by atoms with E-state index in [-0.39, 0.29) is 11.5 Å². The summed E-state index contributed by atoms with van der Waals surface area (Å²) >= 11 is 0. The third-order valence-electron chi connectivity index (χ3n) is 8.22. The van der Waals surface area contributed by atoms with Gasteiger partial charge in [-0.05, 0) is 92.4 Å². The summed E-state index contributed by atoms with van der Waals surface area (Å²) in [6.07, 6.45) is 9.11. The molecule has 0 aliphatic carbocycles. The third kappa shape index (κ3) is 5.78. The van der Waals surface area contributed by atoms with Crippen LogP contribution in [0.25, 0.3) is 22.2 Å².